The molecule has 6 heteroatoms. The third kappa shape index (κ3) is 2.41. The van der Waals surface area contributed by atoms with Gasteiger partial charge in [-0.3, -0.25) is 0 Å². The zero-order chi connectivity index (χ0) is 15.9. The number of hydrogen-bond acceptors (Lipinski definition) is 6. The summed E-state index contributed by atoms with van der Waals surface area (Å²) in [5.41, 5.74) is 0.559. The second-order valence-corrected chi connectivity index (χ2v) is 4.90. The molecule has 2 rings (SSSR count). The van der Waals surface area contributed by atoms with Crippen LogP contribution in [0.1, 0.15) is 28.4 Å². The summed E-state index contributed by atoms with van der Waals surface area (Å²) in [6.07, 6.45) is -1.43. The van der Waals surface area contributed by atoms with Gasteiger partial charge in [0.15, 0.2) is 11.5 Å². The Bertz CT molecular complexity index is 685. The third-order valence-corrected chi connectivity index (χ3v) is 3.45. The Morgan fingerprint density at radius 2 is 1.33 bits per heavy atom. The van der Waals surface area contributed by atoms with Gasteiger partial charge in [0.25, 0.3) is 0 Å². The van der Waals surface area contributed by atoms with Gasteiger partial charge in [-0.2, -0.15) is 0 Å². The second-order valence-electron chi connectivity index (χ2n) is 4.90. The Morgan fingerprint density at radius 3 is 1.90 bits per heavy atom. The van der Waals surface area contributed by atoms with Gasteiger partial charge in [-0.25, -0.2) is 0 Å². The smallest absolute Gasteiger partial charge is 0.161 e. The molecule has 6 N–H and O–H groups in total. The van der Waals surface area contributed by atoms with E-state index in [0.29, 0.717) is 5.56 Å². The number of aliphatic hydroxyl groups excluding tert-OH is 1. The van der Waals surface area contributed by atoms with E-state index in [-0.39, 0.29) is 28.2 Å². The zero-order valence-corrected chi connectivity index (χ0v) is 11.5. The maximum atomic E-state index is 10.4. The second kappa shape index (κ2) is 5.06. The lowest BCUT2D eigenvalue weighted by atomic mass is 9.92. The molecule has 0 aliphatic heterocycles. The van der Waals surface area contributed by atoms with E-state index >= 15 is 0 Å². The van der Waals surface area contributed by atoms with Crippen LogP contribution in [0.4, 0.5) is 0 Å². The third-order valence-electron chi connectivity index (χ3n) is 3.45. The first-order valence-corrected chi connectivity index (χ1v) is 6.19. The van der Waals surface area contributed by atoms with Gasteiger partial charge in [-0.1, -0.05) is 0 Å². The molecule has 0 saturated heterocycles. The van der Waals surface area contributed by atoms with E-state index in [1.807, 2.05) is 0 Å². The van der Waals surface area contributed by atoms with Crippen molar-refractivity contribution in [2.24, 2.45) is 0 Å². The van der Waals surface area contributed by atoms with Gasteiger partial charge >= 0.3 is 0 Å². The van der Waals surface area contributed by atoms with Crippen LogP contribution in [-0.2, 0) is 0 Å². The van der Waals surface area contributed by atoms with Crippen molar-refractivity contribution in [2.45, 2.75) is 20.0 Å². The molecule has 0 radical (unpaired) electrons. The van der Waals surface area contributed by atoms with Crippen LogP contribution in [0.5, 0.6) is 28.7 Å². The Labute approximate surface area is 120 Å². The molecular formula is C15H16O6. The first-order valence-electron chi connectivity index (χ1n) is 6.19. The first-order chi connectivity index (χ1) is 9.73. The van der Waals surface area contributed by atoms with E-state index in [2.05, 4.69) is 0 Å². The molecule has 0 spiro atoms. The first kappa shape index (κ1) is 14.8. The van der Waals surface area contributed by atoms with Crippen molar-refractivity contribution in [3.8, 4) is 28.7 Å². The largest absolute Gasteiger partial charge is 0.508 e. The molecular weight excluding hydrogens is 276 g/mol. The highest BCUT2D eigenvalue weighted by atomic mass is 16.3. The maximum Gasteiger partial charge on any atom is 0.161 e. The molecule has 0 saturated carbocycles. The SMILES string of the molecule is Cc1cc(O)cc(O)c1C(O)c1c(O)cc(O)c(O)c1C. The average molecular weight is 292 g/mol. The lowest BCUT2D eigenvalue weighted by Crippen LogP contribution is -2.05. The molecule has 0 heterocycles. The molecule has 2 aromatic carbocycles. The van der Waals surface area contributed by atoms with Crippen LogP contribution >= 0.6 is 0 Å². The summed E-state index contributed by atoms with van der Waals surface area (Å²) >= 11 is 0. The highest BCUT2D eigenvalue weighted by Crippen LogP contribution is 2.44. The number of phenols is 5. The number of hydrogen-bond donors (Lipinski definition) is 6. The van der Waals surface area contributed by atoms with Gasteiger partial charge in [0, 0.05) is 28.8 Å². The predicted molar refractivity (Wildman–Crippen MR) is 74.7 cm³/mol. The van der Waals surface area contributed by atoms with Crippen LogP contribution in [-0.4, -0.2) is 30.6 Å². The van der Waals surface area contributed by atoms with Crippen molar-refractivity contribution in [1.29, 1.82) is 0 Å². The van der Waals surface area contributed by atoms with E-state index in [1.54, 1.807) is 6.92 Å². The van der Waals surface area contributed by atoms with Crippen LogP contribution in [0.25, 0.3) is 0 Å². The molecule has 0 bridgehead atoms. The fourth-order valence-electron chi connectivity index (χ4n) is 2.39. The molecule has 0 aliphatic rings. The fourth-order valence-corrected chi connectivity index (χ4v) is 2.39. The van der Waals surface area contributed by atoms with Crippen molar-refractivity contribution >= 4 is 0 Å². The average Bonchev–Trinajstić information content (AvgIpc) is 2.34. The molecule has 6 nitrogen and oxygen atoms in total. The zero-order valence-electron chi connectivity index (χ0n) is 11.5. The van der Waals surface area contributed by atoms with E-state index in [4.69, 9.17) is 0 Å². The maximum absolute atomic E-state index is 10.4. The number of benzene rings is 2. The van der Waals surface area contributed by atoms with Crippen LogP contribution in [0.15, 0.2) is 18.2 Å². The van der Waals surface area contributed by atoms with Gasteiger partial charge in [0.2, 0.25) is 0 Å². The summed E-state index contributed by atoms with van der Waals surface area (Å²) in [7, 11) is 0. The molecule has 0 aromatic heterocycles. The number of rotatable bonds is 2. The summed E-state index contributed by atoms with van der Waals surface area (Å²) in [5, 5.41) is 58.8. The summed E-state index contributed by atoms with van der Waals surface area (Å²) < 4.78 is 0. The standard InChI is InChI=1S/C15H16O6/c1-6-3-8(16)4-9(17)12(6)15(21)13-7(2)14(20)11(19)5-10(13)18/h3-5,15-21H,1-2H3. The molecule has 1 atom stereocenters. The Morgan fingerprint density at radius 1 is 0.762 bits per heavy atom. The number of aliphatic hydroxyl groups is 1. The normalized spacial score (nSPS) is 12.3. The van der Waals surface area contributed by atoms with Crippen molar-refractivity contribution in [3.63, 3.8) is 0 Å². The Balaban J connectivity index is 2.66. The fraction of sp³-hybridized carbons (Fsp3) is 0.200. The van der Waals surface area contributed by atoms with E-state index in [1.165, 1.54) is 13.0 Å². The highest BCUT2D eigenvalue weighted by Gasteiger charge is 2.25. The molecule has 0 aliphatic carbocycles. The minimum absolute atomic E-state index is 0.0330. The number of aromatic hydroxyl groups is 5. The molecule has 112 valence electrons. The quantitative estimate of drug-likeness (QED) is 0.371. The van der Waals surface area contributed by atoms with Crippen LogP contribution < -0.4 is 0 Å². The molecule has 0 amide bonds. The van der Waals surface area contributed by atoms with Gasteiger partial charge in [-0.05, 0) is 25.5 Å². The van der Waals surface area contributed by atoms with Gasteiger partial charge in [0.1, 0.15) is 23.4 Å². The van der Waals surface area contributed by atoms with Gasteiger partial charge < -0.3 is 30.6 Å². The van der Waals surface area contributed by atoms with E-state index < -0.39 is 23.4 Å². The lowest BCUT2D eigenvalue weighted by Gasteiger charge is -2.20. The van der Waals surface area contributed by atoms with Crippen molar-refractivity contribution in [3.05, 3.63) is 40.5 Å². The summed E-state index contributed by atoms with van der Waals surface area (Å²) in [6, 6.07) is 3.33. The van der Waals surface area contributed by atoms with E-state index in [0.717, 1.165) is 12.1 Å². The molecule has 2 aromatic rings. The minimum atomic E-state index is -1.43. The topological polar surface area (TPSA) is 121 Å². The minimum Gasteiger partial charge on any atom is -0.508 e. The summed E-state index contributed by atoms with van der Waals surface area (Å²) in [5.74, 6) is -1.88. The summed E-state index contributed by atoms with van der Waals surface area (Å²) in [6.45, 7) is 2.99. The molecule has 1 unspecified atom stereocenters. The Kier molecular flexibility index (Phi) is 3.57. The van der Waals surface area contributed by atoms with Crippen LogP contribution in [0.2, 0.25) is 0 Å². The van der Waals surface area contributed by atoms with Crippen molar-refractivity contribution in [2.75, 3.05) is 0 Å². The number of phenolic OH excluding ortho intramolecular Hbond substituents is 5. The van der Waals surface area contributed by atoms with Crippen molar-refractivity contribution in [1.82, 2.24) is 0 Å². The lowest BCUT2D eigenvalue weighted by molar-refractivity contribution is 0.208. The Hall–Kier alpha value is -2.60. The van der Waals surface area contributed by atoms with Crippen molar-refractivity contribution < 1.29 is 30.6 Å². The monoisotopic (exact) mass is 292 g/mol. The highest BCUT2D eigenvalue weighted by molar-refractivity contribution is 5.59. The van der Waals surface area contributed by atoms with E-state index in [9.17, 15) is 30.6 Å². The van der Waals surface area contributed by atoms with Crippen LogP contribution in [0.3, 0.4) is 0 Å². The van der Waals surface area contributed by atoms with Gasteiger partial charge in [0.05, 0.1) is 0 Å². The predicted octanol–water partition coefficient (Wildman–Crippen LogP) is 1.91. The van der Waals surface area contributed by atoms with Crippen LogP contribution in [0, 0.1) is 13.8 Å². The summed E-state index contributed by atoms with van der Waals surface area (Å²) in [4.78, 5) is 0. The number of aryl methyl sites for hydroxylation is 1. The molecule has 0 fully saturated rings. The molecule has 21 heavy (non-hydrogen) atoms. The van der Waals surface area contributed by atoms with Gasteiger partial charge in [-0.15, -0.1) is 0 Å².